The molecule has 1 amide bonds. The first kappa shape index (κ1) is 12.9. The fourth-order valence-corrected chi connectivity index (χ4v) is 3.08. The summed E-state index contributed by atoms with van der Waals surface area (Å²) in [4.78, 5) is 14.5. The predicted molar refractivity (Wildman–Crippen MR) is 80.3 cm³/mol. The standard InChI is InChI=1S/C18H19NO/c1-13(2)19-17(15-11-7-4-8-12-15)16(18(19)20)14-9-5-3-6-10-14/h3-13,16-17H,1-2H3/t16-,17+/m0/s1. The summed E-state index contributed by atoms with van der Waals surface area (Å²) < 4.78 is 0. The van der Waals surface area contributed by atoms with Crippen molar-refractivity contribution in [2.24, 2.45) is 0 Å². The van der Waals surface area contributed by atoms with Crippen molar-refractivity contribution in [3.63, 3.8) is 0 Å². The van der Waals surface area contributed by atoms with E-state index in [4.69, 9.17) is 0 Å². The number of benzene rings is 2. The van der Waals surface area contributed by atoms with Crippen molar-refractivity contribution in [2.45, 2.75) is 31.8 Å². The third-order valence-electron chi connectivity index (χ3n) is 3.99. The first-order valence-electron chi connectivity index (χ1n) is 7.12. The van der Waals surface area contributed by atoms with Gasteiger partial charge in [-0.2, -0.15) is 0 Å². The van der Waals surface area contributed by atoms with E-state index in [-0.39, 0.29) is 23.9 Å². The van der Waals surface area contributed by atoms with Gasteiger partial charge in [0.15, 0.2) is 0 Å². The quantitative estimate of drug-likeness (QED) is 0.774. The maximum absolute atomic E-state index is 12.5. The molecule has 0 radical (unpaired) electrons. The number of amides is 1. The van der Waals surface area contributed by atoms with Crippen molar-refractivity contribution in [3.8, 4) is 0 Å². The van der Waals surface area contributed by atoms with Crippen LogP contribution in [0.3, 0.4) is 0 Å². The second kappa shape index (κ2) is 5.12. The van der Waals surface area contributed by atoms with Crippen LogP contribution >= 0.6 is 0 Å². The van der Waals surface area contributed by atoms with Gasteiger partial charge in [0.2, 0.25) is 5.91 Å². The molecule has 0 bridgehead atoms. The normalized spacial score (nSPS) is 21.9. The molecule has 2 aromatic carbocycles. The fourth-order valence-electron chi connectivity index (χ4n) is 3.08. The lowest BCUT2D eigenvalue weighted by molar-refractivity contribution is -0.153. The minimum Gasteiger partial charge on any atom is -0.331 e. The van der Waals surface area contributed by atoms with Crippen LogP contribution in [0.5, 0.6) is 0 Å². The van der Waals surface area contributed by atoms with Crippen molar-refractivity contribution in [1.29, 1.82) is 0 Å². The minimum absolute atomic E-state index is 0.0407. The zero-order valence-electron chi connectivity index (χ0n) is 11.9. The summed E-state index contributed by atoms with van der Waals surface area (Å²) in [6, 6.07) is 20.8. The fraction of sp³-hybridized carbons (Fsp3) is 0.278. The van der Waals surface area contributed by atoms with Crippen LogP contribution in [0, 0.1) is 0 Å². The summed E-state index contributed by atoms with van der Waals surface area (Å²) in [5.74, 6) is 0.195. The molecule has 2 aromatic rings. The van der Waals surface area contributed by atoms with Gasteiger partial charge in [0.25, 0.3) is 0 Å². The summed E-state index contributed by atoms with van der Waals surface area (Å²) >= 11 is 0. The van der Waals surface area contributed by atoms with Crippen molar-refractivity contribution in [3.05, 3.63) is 71.8 Å². The number of carbonyl (C=O) groups is 1. The van der Waals surface area contributed by atoms with E-state index in [1.807, 2.05) is 41.3 Å². The molecule has 0 unspecified atom stereocenters. The van der Waals surface area contributed by atoms with Crippen LogP contribution in [0.25, 0.3) is 0 Å². The Morgan fingerprint density at radius 3 is 1.85 bits per heavy atom. The highest BCUT2D eigenvalue weighted by Crippen LogP contribution is 2.47. The second-order valence-corrected chi connectivity index (χ2v) is 5.58. The highest BCUT2D eigenvalue weighted by atomic mass is 16.2. The monoisotopic (exact) mass is 265 g/mol. The number of rotatable bonds is 3. The predicted octanol–water partition coefficient (Wildman–Crippen LogP) is 3.76. The largest absolute Gasteiger partial charge is 0.331 e. The summed E-state index contributed by atoms with van der Waals surface area (Å²) in [5.41, 5.74) is 2.33. The number of carbonyl (C=O) groups excluding carboxylic acids is 1. The molecule has 3 rings (SSSR count). The molecule has 1 aliphatic heterocycles. The molecule has 2 heteroatoms. The molecule has 0 aromatic heterocycles. The van der Waals surface area contributed by atoms with E-state index in [0.29, 0.717) is 0 Å². The van der Waals surface area contributed by atoms with Gasteiger partial charge in [-0.05, 0) is 25.0 Å². The average molecular weight is 265 g/mol. The molecule has 1 heterocycles. The Labute approximate surface area is 120 Å². The molecule has 2 atom stereocenters. The van der Waals surface area contributed by atoms with E-state index in [1.54, 1.807) is 0 Å². The lowest BCUT2D eigenvalue weighted by Gasteiger charge is -2.50. The number of likely N-dealkylation sites (tertiary alicyclic amines) is 1. The highest BCUT2D eigenvalue weighted by Gasteiger charge is 2.49. The smallest absolute Gasteiger partial charge is 0.233 e. The van der Waals surface area contributed by atoms with Crippen LogP contribution in [-0.2, 0) is 4.79 Å². The van der Waals surface area contributed by atoms with Gasteiger partial charge in [0, 0.05) is 6.04 Å². The van der Waals surface area contributed by atoms with Gasteiger partial charge in [-0.25, -0.2) is 0 Å². The summed E-state index contributed by atoms with van der Waals surface area (Å²) in [5, 5.41) is 0. The molecule has 0 N–H and O–H groups in total. The number of hydrogen-bond acceptors (Lipinski definition) is 1. The average Bonchev–Trinajstić information content (AvgIpc) is 2.46. The van der Waals surface area contributed by atoms with Gasteiger partial charge in [-0.1, -0.05) is 60.7 Å². The van der Waals surface area contributed by atoms with Gasteiger partial charge >= 0.3 is 0 Å². The maximum atomic E-state index is 12.5. The topological polar surface area (TPSA) is 20.3 Å². The molecule has 0 aliphatic carbocycles. The summed E-state index contributed by atoms with van der Waals surface area (Å²) in [6.45, 7) is 4.16. The molecule has 20 heavy (non-hydrogen) atoms. The van der Waals surface area contributed by atoms with E-state index in [9.17, 15) is 4.79 Å². The Morgan fingerprint density at radius 1 is 0.850 bits per heavy atom. The van der Waals surface area contributed by atoms with Crippen LogP contribution < -0.4 is 0 Å². The van der Waals surface area contributed by atoms with E-state index >= 15 is 0 Å². The molecule has 0 spiro atoms. The van der Waals surface area contributed by atoms with Crippen LogP contribution in [0.1, 0.15) is 36.9 Å². The summed E-state index contributed by atoms with van der Waals surface area (Å²) in [6.07, 6.45) is 0. The van der Waals surface area contributed by atoms with Crippen molar-refractivity contribution in [1.82, 2.24) is 4.90 Å². The maximum Gasteiger partial charge on any atom is 0.233 e. The van der Waals surface area contributed by atoms with Crippen LogP contribution in [-0.4, -0.2) is 16.8 Å². The zero-order valence-corrected chi connectivity index (χ0v) is 11.9. The Bertz CT molecular complexity index is 591. The third-order valence-corrected chi connectivity index (χ3v) is 3.99. The van der Waals surface area contributed by atoms with Gasteiger partial charge in [-0.15, -0.1) is 0 Å². The summed E-state index contributed by atoms with van der Waals surface area (Å²) in [7, 11) is 0. The second-order valence-electron chi connectivity index (χ2n) is 5.58. The molecule has 102 valence electrons. The number of nitrogens with zero attached hydrogens (tertiary/aromatic N) is 1. The lowest BCUT2D eigenvalue weighted by Crippen LogP contribution is -2.56. The Balaban J connectivity index is 2.00. The van der Waals surface area contributed by atoms with Crippen LogP contribution in [0.2, 0.25) is 0 Å². The SMILES string of the molecule is CC(C)N1C(=O)[C@@H](c2ccccc2)[C@H]1c1ccccc1. The lowest BCUT2D eigenvalue weighted by atomic mass is 9.77. The van der Waals surface area contributed by atoms with E-state index in [2.05, 4.69) is 38.1 Å². The van der Waals surface area contributed by atoms with E-state index in [1.165, 1.54) is 5.56 Å². The van der Waals surface area contributed by atoms with Gasteiger partial charge in [-0.3, -0.25) is 4.79 Å². The molecule has 1 aliphatic rings. The molecular formula is C18H19NO. The minimum atomic E-state index is -0.0407. The number of β-lactam (4-membered cyclic amide) rings is 1. The molecular weight excluding hydrogens is 246 g/mol. The first-order chi connectivity index (χ1) is 9.70. The van der Waals surface area contributed by atoms with E-state index in [0.717, 1.165) is 5.56 Å². The van der Waals surface area contributed by atoms with Gasteiger partial charge in [0.1, 0.15) is 0 Å². The van der Waals surface area contributed by atoms with Gasteiger partial charge in [0.05, 0.1) is 12.0 Å². The molecule has 1 saturated heterocycles. The molecule has 2 nitrogen and oxygen atoms in total. The first-order valence-corrected chi connectivity index (χ1v) is 7.12. The zero-order chi connectivity index (χ0) is 14.1. The Morgan fingerprint density at radius 2 is 1.35 bits per heavy atom. The number of hydrogen-bond donors (Lipinski definition) is 0. The van der Waals surface area contributed by atoms with E-state index < -0.39 is 0 Å². The van der Waals surface area contributed by atoms with Gasteiger partial charge < -0.3 is 4.90 Å². The van der Waals surface area contributed by atoms with Crippen LogP contribution in [0.4, 0.5) is 0 Å². The van der Waals surface area contributed by atoms with Crippen molar-refractivity contribution < 1.29 is 4.79 Å². The molecule has 1 fully saturated rings. The Kier molecular flexibility index (Phi) is 3.31. The molecule has 0 saturated carbocycles. The van der Waals surface area contributed by atoms with Crippen LogP contribution in [0.15, 0.2) is 60.7 Å². The third kappa shape index (κ3) is 2.01. The van der Waals surface area contributed by atoms with Crippen molar-refractivity contribution >= 4 is 5.91 Å². The van der Waals surface area contributed by atoms with Crippen molar-refractivity contribution in [2.75, 3.05) is 0 Å². The highest BCUT2D eigenvalue weighted by molar-refractivity contribution is 5.91. The Hall–Kier alpha value is -2.09.